The normalized spacial score (nSPS) is 9.42. The van der Waals surface area contributed by atoms with Gasteiger partial charge in [0.25, 0.3) is 5.78 Å². The lowest BCUT2D eigenvalue weighted by molar-refractivity contribution is -0.139. The number of hydrogen-bond acceptors (Lipinski definition) is 4. The van der Waals surface area contributed by atoms with Crippen LogP contribution in [-0.4, -0.2) is 36.0 Å². The lowest BCUT2D eigenvalue weighted by atomic mass is 10.1. The van der Waals surface area contributed by atoms with E-state index in [1.807, 2.05) is 0 Å². The molecule has 1 aromatic carbocycles. The van der Waals surface area contributed by atoms with Crippen molar-refractivity contribution in [3.63, 3.8) is 0 Å². The van der Waals surface area contributed by atoms with Gasteiger partial charge >= 0.3 is 11.7 Å². The number of carbonyl (C=O) groups is 2. The summed E-state index contributed by atoms with van der Waals surface area (Å²) in [7, 11) is 1.28. The molecule has 0 unspecified atom stereocenters. The smallest absolute Gasteiger partial charge is 0.446 e. The number of nitrogens with zero attached hydrogens (tertiary/aromatic N) is 2. The van der Waals surface area contributed by atoms with Gasteiger partial charge in [-0.1, -0.05) is 0 Å². The fourth-order valence-corrected chi connectivity index (χ4v) is 1.36. The van der Waals surface area contributed by atoms with Crippen LogP contribution in [0, 0.1) is 5.82 Å². The zero-order chi connectivity index (χ0) is 14.4. The van der Waals surface area contributed by atoms with E-state index in [4.69, 9.17) is 10.3 Å². The number of esters is 1. The Balaban J connectivity index is 3.22. The van der Waals surface area contributed by atoms with Crippen LogP contribution >= 0.6 is 0 Å². The molecule has 0 spiro atoms. The van der Waals surface area contributed by atoms with Crippen LogP contribution in [0.15, 0.2) is 18.2 Å². The van der Waals surface area contributed by atoms with E-state index in [9.17, 15) is 14.0 Å². The Labute approximate surface area is 108 Å². The quantitative estimate of drug-likeness (QED) is 0.200. The molecule has 100 valence electrons. The second-order valence-electron chi connectivity index (χ2n) is 3.34. The van der Waals surface area contributed by atoms with Gasteiger partial charge in [0.05, 0.1) is 19.3 Å². The van der Waals surface area contributed by atoms with Crippen molar-refractivity contribution in [3.05, 3.63) is 35.1 Å². The molecule has 0 heterocycles. The highest BCUT2D eigenvalue weighted by Gasteiger charge is 2.34. The van der Waals surface area contributed by atoms with Crippen molar-refractivity contribution >= 4 is 17.5 Å². The number of hydrogen-bond donors (Lipinski definition) is 0. The summed E-state index contributed by atoms with van der Waals surface area (Å²) in [6.45, 7) is 1.53. The fraction of sp³-hybridized carbons (Fsp3) is 0.250. The number of carbonyl (C=O) groups excluding carboxylic acids is 2. The van der Waals surface area contributed by atoms with Crippen LogP contribution in [0.5, 0.6) is 5.75 Å². The van der Waals surface area contributed by atoms with Gasteiger partial charge in [-0.05, 0) is 25.1 Å². The maximum Gasteiger partial charge on any atom is 0.446 e. The van der Waals surface area contributed by atoms with Crippen molar-refractivity contribution in [2.24, 2.45) is 0 Å². The van der Waals surface area contributed by atoms with E-state index >= 15 is 0 Å². The molecule has 0 amide bonds. The van der Waals surface area contributed by atoms with Crippen LogP contribution in [0.25, 0.3) is 5.53 Å². The van der Waals surface area contributed by atoms with Crippen LogP contribution in [-0.2, 0) is 9.53 Å². The van der Waals surface area contributed by atoms with Gasteiger partial charge in [-0.15, -0.1) is 0 Å². The molecule has 19 heavy (non-hydrogen) atoms. The second kappa shape index (κ2) is 6.42. The zero-order valence-electron chi connectivity index (χ0n) is 10.3. The van der Waals surface area contributed by atoms with Gasteiger partial charge in [0, 0.05) is 0 Å². The van der Waals surface area contributed by atoms with E-state index in [2.05, 4.69) is 9.53 Å². The molecule has 0 aliphatic heterocycles. The third kappa shape index (κ3) is 3.23. The predicted octanol–water partition coefficient (Wildman–Crippen LogP) is 1.25. The molecule has 0 aliphatic rings. The number of benzene rings is 1. The van der Waals surface area contributed by atoms with Crippen molar-refractivity contribution in [3.8, 4) is 5.75 Å². The van der Waals surface area contributed by atoms with Crippen molar-refractivity contribution in [2.45, 2.75) is 6.92 Å². The Hall–Kier alpha value is -2.53. The molecule has 0 fully saturated rings. The number of Topliss-reactive ketones (excluding diaryl/α,β-unsaturated/α-hetero) is 1. The molecular formula is C12H11FN2O4. The summed E-state index contributed by atoms with van der Waals surface area (Å²) in [6.07, 6.45) is 0. The highest BCUT2D eigenvalue weighted by molar-refractivity contribution is 6.65. The molecule has 0 saturated carbocycles. The average Bonchev–Trinajstić information content (AvgIpc) is 2.39. The third-order valence-corrected chi connectivity index (χ3v) is 2.19. The molecule has 1 rings (SSSR count). The Morgan fingerprint density at radius 1 is 1.42 bits per heavy atom. The monoisotopic (exact) mass is 266 g/mol. The first-order chi connectivity index (χ1) is 9.04. The van der Waals surface area contributed by atoms with E-state index in [-0.39, 0.29) is 17.9 Å². The minimum Gasteiger partial charge on any atom is -0.496 e. The molecule has 0 N–H and O–H groups in total. The number of rotatable bonds is 5. The molecule has 0 aliphatic carbocycles. The van der Waals surface area contributed by atoms with Gasteiger partial charge < -0.3 is 15.0 Å². The van der Waals surface area contributed by atoms with Gasteiger partial charge in [0.2, 0.25) is 0 Å². The van der Waals surface area contributed by atoms with Crippen LogP contribution < -0.4 is 4.74 Å². The molecule has 0 saturated heterocycles. The van der Waals surface area contributed by atoms with Gasteiger partial charge in [-0.3, -0.25) is 4.79 Å². The van der Waals surface area contributed by atoms with Crippen LogP contribution in [0.1, 0.15) is 17.3 Å². The molecule has 1 aromatic rings. The maximum absolute atomic E-state index is 13.1. The largest absolute Gasteiger partial charge is 0.496 e. The number of methoxy groups -OCH3 is 1. The fourth-order valence-electron chi connectivity index (χ4n) is 1.36. The Morgan fingerprint density at radius 3 is 2.63 bits per heavy atom. The first kappa shape index (κ1) is 14.5. The topological polar surface area (TPSA) is 89.0 Å². The van der Waals surface area contributed by atoms with Gasteiger partial charge in [-0.2, -0.15) is 4.79 Å². The standard InChI is InChI=1S/C12H11FN2O4/c1-3-19-12(17)10(15-14)11(16)8-6-7(13)4-5-9(8)18-2/h4-6H,3H2,1-2H3. The number of ether oxygens (including phenoxy) is 2. The van der Waals surface area contributed by atoms with Crippen LogP contribution in [0.3, 0.4) is 0 Å². The van der Waals surface area contributed by atoms with Gasteiger partial charge in [0.15, 0.2) is 0 Å². The number of halogens is 1. The Morgan fingerprint density at radius 2 is 2.11 bits per heavy atom. The Kier molecular flexibility index (Phi) is 4.91. The van der Waals surface area contributed by atoms with Gasteiger partial charge in [-0.25, -0.2) is 9.18 Å². The number of ketones is 1. The van der Waals surface area contributed by atoms with E-state index in [0.29, 0.717) is 0 Å². The average molecular weight is 266 g/mol. The summed E-state index contributed by atoms with van der Waals surface area (Å²) in [6, 6.07) is 3.20. The molecule has 0 bridgehead atoms. The first-order valence-electron chi connectivity index (χ1n) is 5.32. The van der Waals surface area contributed by atoms with Crippen molar-refractivity contribution < 1.29 is 28.2 Å². The molecule has 0 atom stereocenters. The minimum absolute atomic E-state index is 0.00538. The zero-order valence-corrected chi connectivity index (χ0v) is 10.3. The minimum atomic E-state index is -1.10. The molecule has 6 nitrogen and oxygen atoms in total. The summed E-state index contributed by atoms with van der Waals surface area (Å²) < 4.78 is 22.6. The summed E-state index contributed by atoms with van der Waals surface area (Å²) in [5, 5.41) is 0. The second-order valence-corrected chi connectivity index (χ2v) is 3.34. The molecule has 0 aromatic heterocycles. The molecule has 0 radical (unpaired) electrons. The lowest BCUT2D eigenvalue weighted by Crippen LogP contribution is -2.28. The SMILES string of the molecule is CCOC(=O)C(=[N+]=[N-])C(=O)c1cc(F)ccc1OC. The van der Waals surface area contributed by atoms with Crippen LogP contribution in [0.2, 0.25) is 0 Å². The Bertz CT molecular complexity index is 565. The van der Waals surface area contributed by atoms with Gasteiger partial charge in [0.1, 0.15) is 11.6 Å². The first-order valence-corrected chi connectivity index (χ1v) is 5.32. The summed E-state index contributed by atoms with van der Waals surface area (Å²) in [5.41, 5.74) is 7.64. The summed E-state index contributed by atoms with van der Waals surface area (Å²) >= 11 is 0. The van der Waals surface area contributed by atoms with Crippen molar-refractivity contribution in [1.29, 1.82) is 0 Å². The van der Waals surface area contributed by atoms with Crippen LogP contribution in [0.4, 0.5) is 4.39 Å². The highest BCUT2D eigenvalue weighted by atomic mass is 19.1. The third-order valence-electron chi connectivity index (χ3n) is 2.19. The van der Waals surface area contributed by atoms with E-state index in [1.165, 1.54) is 20.1 Å². The predicted molar refractivity (Wildman–Crippen MR) is 62.5 cm³/mol. The van der Waals surface area contributed by atoms with E-state index in [1.54, 1.807) is 0 Å². The summed E-state index contributed by atoms with van der Waals surface area (Å²) in [5.74, 6) is -2.72. The molecule has 7 heteroatoms. The van der Waals surface area contributed by atoms with E-state index < -0.39 is 23.3 Å². The lowest BCUT2D eigenvalue weighted by Gasteiger charge is -2.05. The van der Waals surface area contributed by atoms with E-state index in [0.717, 1.165) is 12.1 Å². The molecular weight excluding hydrogens is 255 g/mol. The highest BCUT2D eigenvalue weighted by Crippen LogP contribution is 2.20. The van der Waals surface area contributed by atoms with Crippen molar-refractivity contribution in [2.75, 3.05) is 13.7 Å². The van der Waals surface area contributed by atoms with Crippen molar-refractivity contribution in [1.82, 2.24) is 0 Å². The summed E-state index contributed by atoms with van der Waals surface area (Å²) in [4.78, 5) is 26.0. The maximum atomic E-state index is 13.1.